The second-order valence-corrected chi connectivity index (χ2v) is 4.09. The Bertz CT molecular complexity index is 515. The molecule has 1 unspecified atom stereocenters. The van der Waals surface area contributed by atoms with Crippen molar-refractivity contribution in [3.8, 4) is 11.6 Å². The highest BCUT2D eigenvalue weighted by atomic mass is 16.3. The van der Waals surface area contributed by atoms with E-state index >= 15 is 0 Å². The SMILES string of the molecule is Cc1ccc(-c2nnc3n2C(O)CCC3)o1. The van der Waals surface area contributed by atoms with Crippen molar-refractivity contribution in [2.24, 2.45) is 0 Å². The van der Waals surface area contributed by atoms with Gasteiger partial charge in [0.15, 0.2) is 5.76 Å². The Morgan fingerprint density at radius 2 is 2.31 bits per heavy atom. The van der Waals surface area contributed by atoms with Gasteiger partial charge in [-0.15, -0.1) is 10.2 Å². The average molecular weight is 219 g/mol. The van der Waals surface area contributed by atoms with Gasteiger partial charge in [-0.2, -0.15) is 0 Å². The van der Waals surface area contributed by atoms with Gasteiger partial charge in [0.05, 0.1) is 0 Å². The zero-order valence-electron chi connectivity index (χ0n) is 9.05. The summed E-state index contributed by atoms with van der Waals surface area (Å²) in [7, 11) is 0. The zero-order chi connectivity index (χ0) is 11.1. The minimum atomic E-state index is -0.529. The van der Waals surface area contributed by atoms with Crippen LogP contribution in [0.2, 0.25) is 0 Å². The Balaban J connectivity index is 2.12. The molecular weight excluding hydrogens is 206 g/mol. The van der Waals surface area contributed by atoms with Crippen molar-refractivity contribution in [2.75, 3.05) is 0 Å². The Labute approximate surface area is 92.7 Å². The van der Waals surface area contributed by atoms with E-state index in [-0.39, 0.29) is 0 Å². The fraction of sp³-hybridized carbons (Fsp3) is 0.455. The smallest absolute Gasteiger partial charge is 0.201 e. The predicted octanol–water partition coefficient (Wildman–Crippen LogP) is 1.67. The first-order chi connectivity index (χ1) is 7.75. The molecule has 0 saturated carbocycles. The molecule has 2 aromatic heterocycles. The number of furan rings is 1. The molecule has 1 N–H and O–H groups in total. The van der Waals surface area contributed by atoms with Crippen molar-refractivity contribution in [2.45, 2.75) is 32.4 Å². The van der Waals surface area contributed by atoms with Crippen molar-refractivity contribution >= 4 is 0 Å². The van der Waals surface area contributed by atoms with Crippen LogP contribution in [-0.2, 0) is 6.42 Å². The zero-order valence-corrected chi connectivity index (χ0v) is 9.05. The number of aliphatic hydroxyl groups is 1. The van der Waals surface area contributed by atoms with Gasteiger partial charge in [0.25, 0.3) is 0 Å². The monoisotopic (exact) mass is 219 g/mol. The molecule has 3 heterocycles. The summed E-state index contributed by atoms with van der Waals surface area (Å²) in [6, 6.07) is 3.74. The van der Waals surface area contributed by atoms with E-state index in [4.69, 9.17) is 4.42 Å². The van der Waals surface area contributed by atoms with E-state index in [9.17, 15) is 5.11 Å². The van der Waals surface area contributed by atoms with Crippen molar-refractivity contribution in [3.63, 3.8) is 0 Å². The predicted molar refractivity (Wildman–Crippen MR) is 56.7 cm³/mol. The molecule has 5 nitrogen and oxygen atoms in total. The molecule has 0 aromatic carbocycles. The first kappa shape index (κ1) is 9.59. The summed E-state index contributed by atoms with van der Waals surface area (Å²) in [5.41, 5.74) is 0. The van der Waals surface area contributed by atoms with E-state index in [1.165, 1.54) is 0 Å². The van der Waals surface area contributed by atoms with E-state index in [1.807, 2.05) is 19.1 Å². The molecule has 84 valence electrons. The molecule has 1 aliphatic rings. The summed E-state index contributed by atoms with van der Waals surface area (Å²) < 4.78 is 7.27. The Morgan fingerprint density at radius 1 is 1.44 bits per heavy atom. The second kappa shape index (κ2) is 3.45. The van der Waals surface area contributed by atoms with Gasteiger partial charge in [0.1, 0.15) is 17.8 Å². The van der Waals surface area contributed by atoms with E-state index in [0.717, 1.165) is 30.8 Å². The van der Waals surface area contributed by atoms with Crippen molar-refractivity contribution < 1.29 is 9.52 Å². The lowest BCUT2D eigenvalue weighted by atomic mass is 10.1. The fourth-order valence-electron chi connectivity index (χ4n) is 2.10. The molecule has 16 heavy (non-hydrogen) atoms. The standard InChI is InChI=1S/C11H13N3O2/c1-7-5-6-8(16-7)11-13-12-9-3-2-4-10(15)14(9)11/h5-6,10,15H,2-4H2,1H3. The number of fused-ring (bicyclic) bond motifs is 1. The quantitative estimate of drug-likeness (QED) is 0.792. The molecule has 0 radical (unpaired) electrons. The summed E-state index contributed by atoms with van der Waals surface area (Å²) in [4.78, 5) is 0. The molecule has 0 fully saturated rings. The maximum absolute atomic E-state index is 9.94. The van der Waals surface area contributed by atoms with Gasteiger partial charge in [-0.05, 0) is 31.9 Å². The van der Waals surface area contributed by atoms with Gasteiger partial charge in [-0.1, -0.05) is 0 Å². The number of hydrogen-bond acceptors (Lipinski definition) is 4. The Hall–Kier alpha value is -1.62. The molecular formula is C11H13N3O2. The summed E-state index contributed by atoms with van der Waals surface area (Å²) in [6.45, 7) is 1.88. The number of hydrogen-bond donors (Lipinski definition) is 1. The molecule has 1 atom stereocenters. The van der Waals surface area contributed by atoms with Gasteiger partial charge in [-0.25, -0.2) is 0 Å². The van der Waals surface area contributed by atoms with E-state index in [0.29, 0.717) is 11.6 Å². The highest BCUT2D eigenvalue weighted by Crippen LogP contribution is 2.29. The van der Waals surface area contributed by atoms with Crippen molar-refractivity contribution in [3.05, 3.63) is 23.7 Å². The summed E-state index contributed by atoms with van der Waals surface area (Å²) in [6.07, 6.45) is 2.04. The van der Waals surface area contributed by atoms with Crippen LogP contribution in [0.15, 0.2) is 16.5 Å². The van der Waals surface area contributed by atoms with E-state index in [2.05, 4.69) is 10.2 Å². The van der Waals surface area contributed by atoms with Gasteiger partial charge in [0, 0.05) is 6.42 Å². The molecule has 0 saturated heterocycles. The molecule has 3 rings (SSSR count). The molecule has 0 bridgehead atoms. The molecule has 0 spiro atoms. The Morgan fingerprint density at radius 3 is 3.06 bits per heavy atom. The first-order valence-corrected chi connectivity index (χ1v) is 5.44. The highest BCUT2D eigenvalue weighted by Gasteiger charge is 2.24. The van der Waals surface area contributed by atoms with Crippen molar-refractivity contribution in [1.82, 2.24) is 14.8 Å². The van der Waals surface area contributed by atoms with E-state index < -0.39 is 6.23 Å². The normalized spacial score (nSPS) is 19.8. The molecule has 2 aromatic rings. The lowest BCUT2D eigenvalue weighted by Crippen LogP contribution is -2.18. The third kappa shape index (κ3) is 1.36. The van der Waals surface area contributed by atoms with Gasteiger partial charge in [0.2, 0.25) is 5.82 Å². The van der Waals surface area contributed by atoms with Crippen LogP contribution in [-0.4, -0.2) is 19.9 Å². The van der Waals surface area contributed by atoms with Crippen LogP contribution < -0.4 is 0 Å². The van der Waals surface area contributed by atoms with Crippen LogP contribution in [0, 0.1) is 6.92 Å². The van der Waals surface area contributed by atoms with Crippen LogP contribution in [0.4, 0.5) is 0 Å². The fourth-order valence-corrected chi connectivity index (χ4v) is 2.10. The average Bonchev–Trinajstić information content (AvgIpc) is 2.84. The van der Waals surface area contributed by atoms with Gasteiger partial charge >= 0.3 is 0 Å². The number of aryl methyl sites for hydroxylation is 2. The van der Waals surface area contributed by atoms with Crippen LogP contribution in [0.3, 0.4) is 0 Å². The first-order valence-electron chi connectivity index (χ1n) is 5.44. The van der Waals surface area contributed by atoms with Gasteiger partial charge < -0.3 is 9.52 Å². The van der Waals surface area contributed by atoms with Gasteiger partial charge in [-0.3, -0.25) is 4.57 Å². The number of rotatable bonds is 1. The van der Waals surface area contributed by atoms with Crippen LogP contribution in [0.25, 0.3) is 11.6 Å². The van der Waals surface area contributed by atoms with Crippen LogP contribution >= 0.6 is 0 Å². The second-order valence-electron chi connectivity index (χ2n) is 4.09. The number of aromatic nitrogens is 3. The van der Waals surface area contributed by atoms with Crippen molar-refractivity contribution in [1.29, 1.82) is 0 Å². The third-order valence-electron chi connectivity index (χ3n) is 2.89. The molecule has 1 aliphatic heterocycles. The largest absolute Gasteiger partial charge is 0.458 e. The topological polar surface area (TPSA) is 64.1 Å². The van der Waals surface area contributed by atoms with Crippen LogP contribution in [0.5, 0.6) is 0 Å². The number of aliphatic hydroxyl groups excluding tert-OH is 1. The maximum Gasteiger partial charge on any atom is 0.201 e. The Kier molecular flexibility index (Phi) is 2.07. The minimum Gasteiger partial charge on any atom is -0.458 e. The lowest BCUT2D eigenvalue weighted by molar-refractivity contribution is 0.0791. The summed E-state index contributed by atoms with van der Waals surface area (Å²) in [5, 5.41) is 18.1. The number of nitrogens with zero attached hydrogens (tertiary/aromatic N) is 3. The summed E-state index contributed by atoms with van der Waals surface area (Å²) >= 11 is 0. The third-order valence-corrected chi connectivity index (χ3v) is 2.89. The lowest BCUT2D eigenvalue weighted by Gasteiger charge is -2.20. The summed E-state index contributed by atoms with van der Waals surface area (Å²) in [5.74, 6) is 2.95. The maximum atomic E-state index is 9.94. The minimum absolute atomic E-state index is 0.529. The molecule has 0 aliphatic carbocycles. The highest BCUT2D eigenvalue weighted by molar-refractivity contribution is 5.48. The van der Waals surface area contributed by atoms with Crippen LogP contribution in [0.1, 0.15) is 30.7 Å². The molecule has 0 amide bonds. The van der Waals surface area contributed by atoms with E-state index in [1.54, 1.807) is 4.57 Å². The molecule has 5 heteroatoms.